The second-order valence-electron chi connectivity index (χ2n) is 4.51. The van der Waals surface area contributed by atoms with E-state index >= 15 is 0 Å². The molecule has 0 aliphatic carbocycles. The van der Waals surface area contributed by atoms with E-state index in [0.717, 1.165) is 22.6 Å². The molecule has 2 nitrogen and oxygen atoms in total. The summed E-state index contributed by atoms with van der Waals surface area (Å²) in [7, 11) is 0. The summed E-state index contributed by atoms with van der Waals surface area (Å²) in [5.74, 6) is 1.74. The number of aryl methyl sites for hydroxylation is 2. The topological polar surface area (TPSA) is 35.2 Å². The van der Waals surface area contributed by atoms with Crippen molar-refractivity contribution in [3.05, 3.63) is 53.1 Å². The Labute approximate surface area is 119 Å². The normalized spacial score (nSPS) is 10.5. The average Bonchev–Trinajstić information content (AvgIpc) is 2.41. The van der Waals surface area contributed by atoms with E-state index in [-0.39, 0.29) is 0 Å². The van der Waals surface area contributed by atoms with Crippen LogP contribution >= 0.6 is 11.8 Å². The maximum Gasteiger partial charge on any atom is 0.133 e. The van der Waals surface area contributed by atoms with Gasteiger partial charge in [0.15, 0.2) is 0 Å². The van der Waals surface area contributed by atoms with Crippen molar-refractivity contribution >= 4 is 11.8 Å². The molecule has 0 spiro atoms. The Morgan fingerprint density at radius 3 is 2.53 bits per heavy atom. The molecular formula is C16H19NOS. The van der Waals surface area contributed by atoms with Gasteiger partial charge in [-0.1, -0.05) is 23.8 Å². The summed E-state index contributed by atoms with van der Waals surface area (Å²) in [6.07, 6.45) is 2.05. The fourth-order valence-corrected chi connectivity index (χ4v) is 2.71. The zero-order valence-electron chi connectivity index (χ0n) is 11.6. The molecule has 0 unspecified atom stereocenters. The largest absolute Gasteiger partial charge is 0.457 e. The van der Waals surface area contributed by atoms with E-state index in [1.165, 1.54) is 10.5 Å². The average molecular weight is 273 g/mol. The molecule has 19 heavy (non-hydrogen) atoms. The predicted molar refractivity (Wildman–Crippen MR) is 82.1 cm³/mol. The Morgan fingerprint density at radius 1 is 1.11 bits per heavy atom. The molecule has 0 fully saturated rings. The summed E-state index contributed by atoms with van der Waals surface area (Å²) in [4.78, 5) is 1.17. The molecule has 100 valence electrons. The number of benzene rings is 2. The standard InChI is InChI=1S/C16H19NOS/c1-11-7-8-14(12(2)9-11)18-15-5-4-6-16(19-3)13(15)10-17/h4-9H,10,17H2,1-3H3. The van der Waals surface area contributed by atoms with Crippen LogP contribution in [0.15, 0.2) is 41.3 Å². The molecule has 2 N–H and O–H groups in total. The lowest BCUT2D eigenvalue weighted by molar-refractivity contribution is 0.470. The number of thioether (sulfide) groups is 1. The summed E-state index contributed by atoms with van der Waals surface area (Å²) in [6, 6.07) is 12.2. The van der Waals surface area contributed by atoms with Gasteiger partial charge in [0.1, 0.15) is 11.5 Å². The van der Waals surface area contributed by atoms with Crippen LogP contribution in [0.1, 0.15) is 16.7 Å². The third kappa shape index (κ3) is 3.11. The van der Waals surface area contributed by atoms with Gasteiger partial charge in [0.05, 0.1) is 0 Å². The molecule has 0 heterocycles. The molecule has 2 rings (SSSR count). The number of rotatable bonds is 4. The van der Waals surface area contributed by atoms with E-state index in [1.807, 2.05) is 18.2 Å². The molecule has 0 amide bonds. The van der Waals surface area contributed by atoms with Gasteiger partial charge in [-0.3, -0.25) is 0 Å². The van der Waals surface area contributed by atoms with E-state index in [1.54, 1.807) is 11.8 Å². The van der Waals surface area contributed by atoms with Crippen LogP contribution in [0.5, 0.6) is 11.5 Å². The molecule has 0 atom stereocenters. The zero-order valence-corrected chi connectivity index (χ0v) is 12.4. The first-order valence-corrected chi connectivity index (χ1v) is 7.49. The van der Waals surface area contributed by atoms with Crippen LogP contribution in [0, 0.1) is 13.8 Å². The predicted octanol–water partition coefficient (Wildman–Crippen LogP) is 4.28. The molecule has 0 radical (unpaired) electrons. The highest BCUT2D eigenvalue weighted by Gasteiger charge is 2.09. The van der Waals surface area contributed by atoms with E-state index < -0.39 is 0 Å². The van der Waals surface area contributed by atoms with Gasteiger partial charge >= 0.3 is 0 Å². The van der Waals surface area contributed by atoms with Crippen molar-refractivity contribution in [1.82, 2.24) is 0 Å². The van der Waals surface area contributed by atoms with Crippen molar-refractivity contribution in [2.24, 2.45) is 5.73 Å². The van der Waals surface area contributed by atoms with Gasteiger partial charge in [-0.05, 0) is 43.9 Å². The van der Waals surface area contributed by atoms with Crippen LogP contribution in [-0.4, -0.2) is 6.26 Å². The molecule has 0 saturated heterocycles. The van der Waals surface area contributed by atoms with Crippen molar-refractivity contribution in [1.29, 1.82) is 0 Å². The smallest absolute Gasteiger partial charge is 0.133 e. The summed E-state index contributed by atoms with van der Waals surface area (Å²) in [5.41, 5.74) is 9.29. The van der Waals surface area contributed by atoms with E-state index in [9.17, 15) is 0 Å². The number of ether oxygens (including phenoxy) is 1. The van der Waals surface area contributed by atoms with Gasteiger partial charge in [0, 0.05) is 17.0 Å². The summed E-state index contributed by atoms with van der Waals surface area (Å²) >= 11 is 1.69. The van der Waals surface area contributed by atoms with Gasteiger partial charge < -0.3 is 10.5 Å². The lowest BCUT2D eigenvalue weighted by Gasteiger charge is -2.14. The first-order chi connectivity index (χ1) is 9.15. The molecule has 0 aromatic heterocycles. The third-order valence-corrected chi connectivity index (χ3v) is 3.89. The second kappa shape index (κ2) is 6.13. The summed E-state index contributed by atoms with van der Waals surface area (Å²) < 4.78 is 6.04. The van der Waals surface area contributed by atoms with Gasteiger partial charge in [0.2, 0.25) is 0 Å². The van der Waals surface area contributed by atoms with Gasteiger partial charge in [-0.25, -0.2) is 0 Å². The van der Waals surface area contributed by atoms with Crippen LogP contribution in [0.25, 0.3) is 0 Å². The molecule has 3 heteroatoms. The molecule has 0 bridgehead atoms. The Kier molecular flexibility index (Phi) is 4.51. The fraction of sp³-hybridized carbons (Fsp3) is 0.250. The summed E-state index contributed by atoms with van der Waals surface area (Å²) in [6.45, 7) is 4.62. The quantitative estimate of drug-likeness (QED) is 0.845. The SMILES string of the molecule is CSc1cccc(Oc2ccc(C)cc2C)c1CN. The lowest BCUT2D eigenvalue weighted by atomic mass is 10.1. The van der Waals surface area contributed by atoms with Crippen molar-refractivity contribution in [2.45, 2.75) is 25.3 Å². The second-order valence-corrected chi connectivity index (χ2v) is 5.36. The van der Waals surface area contributed by atoms with Gasteiger partial charge in [-0.2, -0.15) is 0 Å². The van der Waals surface area contributed by atoms with E-state index in [4.69, 9.17) is 10.5 Å². The molecule has 2 aromatic rings. The van der Waals surface area contributed by atoms with Crippen LogP contribution in [-0.2, 0) is 6.54 Å². The van der Waals surface area contributed by atoms with E-state index in [0.29, 0.717) is 6.54 Å². The first kappa shape index (κ1) is 14.0. The lowest BCUT2D eigenvalue weighted by Crippen LogP contribution is -2.01. The highest BCUT2D eigenvalue weighted by atomic mass is 32.2. The Bertz CT molecular complexity index is 581. The minimum Gasteiger partial charge on any atom is -0.457 e. The molecule has 0 aliphatic heterocycles. The Morgan fingerprint density at radius 2 is 1.89 bits per heavy atom. The van der Waals surface area contributed by atoms with Crippen LogP contribution in [0.2, 0.25) is 0 Å². The van der Waals surface area contributed by atoms with E-state index in [2.05, 4.69) is 38.3 Å². The van der Waals surface area contributed by atoms with Crippen LogP contribution in [0.4, 0.5) is 0 Å². The maximum absolute atomic E-state index is 6.04. The van der Waals surface area contributed by atoms with Crippen molar-refractivity contribution in [3.8, 4) is 11.5 Å². The van der Waals surface area contributed by atoms with Crippen LogP contribution in [0.3, 0.4) is 0 Å². The van der Waals surface area contributed by atoms with Gasteiger partial charge in [0.25, 0.3) is 0 Å². The third-order valence-electron chi connectivity index (χ3n) is 3.06. The maximum atomic E-state index is 6.04. The first-order valence-electron chi connectivity index (χ1n) is 6.26. The Hall–Kier alpha value is -1.45. The number of nitrogens with two attached hydrogens (primary N) is 1. The molecular weight excluding hydrogens is 254 g/mol. The summed E-state index contributed by atoms with van der Waals surface area (Å²) in [5, 5.41) is 0. The molecule has 0 aliphatic rings. The van der Waals surface area contributed by atoms with Crippen molar-refractivity contribution < 1.29 is 4.74 Å². The minimum absolute atomic E-state index is 0.483. The van der Waals surface area contributed by atoms with Crippen LogP contribution < -0.4 is 10.5 Å². The highest BCUT2D eigenvalue weighted by molar-refractivity contribution is 7.98. The minimum atomic E-state index is 0.483. The monoisotopic (exact) mass is 273 g/mol. The Balaban J connectivity index is 2.37. The number of hydrogen-bond donors (Lipinski definition) is 1. The highest BCUT2D eigenvalue weighted by Crippen LogP contribution is 2.33. The van der Waals surface area contributed by atoms with Crippen molar-refractivity contribution in [2.75, 3.05) is 6.26 Å². The molecule has 2 aromatic carbocycles. The molecule has 0 saturated carbocycles. The number of hydrogen-bond acceptors (Lipinski definition) is 3. The van der Waals surface area contributed by atoms with Gasteiger partial charge in [-0.15, -0.1) is 11.8 Å². The van der Waals surface area contributed by atoms with Crippen molar-refractivity contribution in [3.63, 3.8) is 0 Å². The zero-order chi connectivity index (χ0) is 13.8. The fourth-order valence-electron chi connectivity index (χ4n) is 2.07.